The van der Waals surface area contributed by atoms with Crippen molar-refractivity contribution in [1.29, 1.82) is 0 Å². The second kappa shape index (κ2) is 8.22. The second-order valence-electron chi connectivity index (χ2n) is 4.43. The molecule has 2 aromatic heterocycles. The minimum Gasteiger partial charge on any atom is -0.450 e. The molecule has 0 radical (unpaired) electrons. The summed E-state index contributed by atoms with van der Waals surface area (Å²) in [7, 11) is 0. The molecule has 0 aliphatic carbocycles. The van der Waals surface area contributed by atoms with Gasteiger partial charge < -0.3 is 14.6 Å². The molecular weight excluding hydrogens is 320 g/mol. The molecular formula is C13H18N6O3S. The molecule has 23 heavy (non-hydrogen) atoms. The molecule has 2 rings (SSSR count). The topological polar surface area (TPSA) is 111 Å². The van der Waals surface area contributed by atoms with Gasteiger partial charge in [0.25, 0.3) is 5.91 Å². The first-order valence-electron chi connectivity index (χ1n) is 7.17. The Morgan fingerprint density at radius 3 is 2.96 bits per heavy atom. The molecule has 2 N–H and O–H groups in total. The van der Waals surface area contributed by atoms with E-state index < -0.39 is 6.09 Å². The Morgan fingerprint density at radius 2 is 2.22 bits per heavy atom. The van der Waals surface area contributed by atoms with Gasteiger partial charge in [-0.2, -0.15) is 0 Å². The lowest BCUT2D eigenvalue weighted by atomic mass is 10.4. The Balaban J connectivity index is 1.89. The van der Waals surface area contributed by atoms with E-state index in [1.165, 1.54) is 5.51 Å². The second-order valence-corrected chi connectivity index (χ2v) is 5.28. The lowest BCUT2D eigenvalue weighted by Gasteiger charge is -2.08. The van der Waals surface area contributed by atoms with E-state index in [2.05, 4.69) is 25.8 Å². The Morgan fingerprint density at radius 1 is 1.39 bits per heavy atom. The van der Waals surface area contributed by atoms with Crippen LogP contribution in [0.1, 0.15) is 30.2 Å². The van der Waals surface area contributed by atoms with E-state index in [1.807, 2.05) is 11.5 Å². The Bertz CT molecular complexity index is 668. The fraction of sp³-hybridized carbons (Fsp3) is 0.462. The number of carbonyl (C=O) groups excluding carboxylic acids is 2. The van der Waals surface area contributed by atoms with Crippen LogP contribution in [0.5, 0.6) is 0 Å². The van der Waals surface area contributed by atoms with Crippen molar-refractivity contribution in [1.82, 2.24) is 25.1 Å². The molecule has 10 heteroatoms. The van der Waals surface area contributed by atoms with Crippen LogP contribution in [-0.2, 0) is 17.7 Å². The summed E-state index contributed by atoms with van der Waals surface area (Å²) in [5, 5.41) is 13.4. The molecule has 0 aliphatic heterocycles. The molecule has 0 unspecified atom stereocenters. The highest BCUT2D eigenvalue weighted by Gasteiger charge is 2.17. The average molecular weight is 338 g/mol. The summed E-state index contributed by atoms with van der Waals surface area (Å²) in [4.78, 5) is 27.6. The zero-order chi connectivity index (χ0) is 16.7. The molecule has 2 heterocycles. The number of hydrogen-bond acceptors (Lipinski definition) is 7. The van der Waals surface area contributed by atoms with Crippen LogP contribution in [0.3, 0.4) is 0 Å². The van der Waals surface area contributed by atoms with Crippen LogP contribution in [0.2, 0.25) is 0 Å². The van der Waals surface area contributed by atoms with E-state index in [1.54, 1.807) is 13.3 Å². The number of nitrogens with zero attached hydrogens (tertiary/aromatic N) is 4. The van der Waals surface area contributed by atoms with Crippen LogP contribution in [0.25, 0.3) is 0 Å². The van der Waals surface area contributed by atoms with Crippen molar-refractivity contribution < 1.29 is 14.3 Å². The van der Waals surface area contributed by atoms with Crippen molar-refractivity contribution in [3.8, 4) is 0 Å². The van der Waals surface area contributed by atoms with Gasteiger partial charge in [0.2, 0.25) is 0 Å². The van der Waals surface area contributed by atoms with E-state index in [0.29, 0.717) is 18.1 Å². The molecule has 9 nitrogen and oxygen atoms in total. The van der Waals surface area contributed by atoms with Gasteiger partial charge in [-0.15, -0.1) is 21.5 Å². The lowest BCUT2D eigenvalue weighted by molar-refractivity contribution is 0.0948. The first kappa shape index (κ1) is 16.9. The predicted molar refractivity (Wildman–Crippen MR) is 84.5 cm³/mol. The number of amides is 2. The third kappa shape index (κ3) is 4.49. The van der Waals surface area contributed by atoms with E-state index >= 15 is 0 Å². The number of aromatic nitrogens is 4. The third-order valence-electron chi connectivity index (χ3n) is 2.92. The van der Waals surface area contributed by atoms with Gasteiger partial charge >= 0.3 is 6.09 Å². The summed E-state index contributed by atoms with van der Waals surface area (Å²) < 4.78 is 6.66. The number of ether oxygens (including phenoxy) is 1. The molecule has 0 atom stereocenters. The van der Waals surface area contributed by atoms with Crippen molar-refractivity contribution in [3.63, 3.8) is 0 Å². The fourth-order valence-electron chi connectivity index (χ4n) is 1.87. The van der Waals surface area contributed by atoms with Gasteiger partial charge in [-0.25, -0.2) is 9.78 Å². The van der Waals surface area contributed by atoms with Gasteiger partial charge in [0.05, 0.1) is 12.1 Å². The normalized spacial score (nSPS) is 10.3. The monoisotopic (exact) mass is 338 g/mol. The van der Waals surface area contributed by atoms with Crippen LogP contribution in [0.15, 0.2) is 11.8 Å². The van der Waals surface area contributed by atoms with Crippen molar-refractivity contribution in [2.24, 2.45) is 0 Å². The number of thiazole rings is 1. The van der Waals surface area contributed by atoms with Crippen molar-refractivity contribution in [3.05, 3.63) is 23.4 Å². The van der Waals surface area contributed by atoms with E-state index in [4.69, 9.17) is 4.74 Å². The zero-order valence-electron chi connectivity index (χ0n) is 12.9. The summed E-state index contributed by atoms with van der Waals surface area (Å²) >= 11 is 1.16. The van der Waals surface area contributed by atoms with Crippen molar-refractivity contribution in [2.45, 2.75) is 26.8 Å². The molecule has 0 spiro atoms. The molecule has 0 saturated carbocycles. The van der Waals surface area contributed by atoms with Crippen molar-refractivity contribution >= 4 is 28.3 Å². The Labute approximate surface area is 137 Å². The molecule has 0 saturated heterocycles. The van der Waals surface area contributed by atoms with Crippen LogP contribution in [-0.4, -0.2) is 44.9 Å². The number of aryl methyl sites for hydroxylation is 1. The maximum absolute atomic E-state index is 12.1. The van der Waals surface area contributed by atoms with E-state index in [9.17, 15) is 9.59 Å². The molecule has 124 valence electrons. The molecule has 2 amide bonds. The zero-order valence-corrected chi connectivity index (χ0v) is 13.7. The number of anilines is 1. The number of carbonyl (C=O) groups is 2. The smallest absolute Gasteiger partial charge is 0.412 e. The van der Waals surface area contributed by atoms with Crippen LogP contribution >= 0.6 is 11.3 Å². The van der Waals surface area contributed by atoms with Gasteiger partial charge in [-0.1, -0.05) is 6.92 Å². The molecule has 0 fully saturated rings. The van der Waals surface area contributed by atoms with Gasteiger partial charge in [-0.05, 0) is 6.92 Å². The first-order chi connectivity index (χ1) is 11.2. The fourth-order valence-corrected chi connectivity index (χ4v) is 2.53. The highest BCUT2D eigenvalue weighted by molar-refractivity contribution is 7.14. The lowest BCUT2D eigenvalue weighted by Crippen LogP contribution is -2.28. The first-order valence-corrected chi connectivity index (χ1v) is 8.05. The largest absolute Gasteiger partial charge is 0.450 e. The minimum absolute atomic E-state index is 0.169. The number of nitrogens with one attached hydrogen (secondary N) is 2. The van der Waals surface area contributed by atoms with Gasteiger partial charge in [0.1, 0.15) is 17.2 Å². The minimum atomic E-state index is -0.608. The maximum Gasteiger partial charge on any atom is 0.412 e. The summed E-state index contributed by atoms with van der Waals surface area (Å²) in [6.07, 6.45) is 1.79. The van der Waals surface area contributed by atoms with Gasteiger partial charge in [0, 0.05) is 19.5 Å². The van der Waals surface area contributed by atoms with E-state index in [-0.39, 0.29) is 18.2 Å². The molecule has 2 aromatic rings. The van der Waals surface area contributed by atoms with E-state index in [0.717, 1.165) is 23.6 Å². The Hall–Kier alpha value is -2.49. The molecule has 0 aliphatic rings. The van der Waals surface area contributed by atoms with Crippen LogP contribution < -0.4 is 10.6 Å². The van der Waals surface area contributed by atoms with Gasteiger partial charge in [-0.3, -0.25) is 10.1 Å². The molecule has 0 bridgehead atoms. The number of rotatable bonds is 7. The summed E-state index contributed by atoms with van der Waals surface area (Å²) in [5.41, 5.74) is 1.66. The standard InChI is InChI=1S/C13H18N6O3S/c1-3-9-18-16-7-19(9)6-5-14-11(20)10-12(23-8-15-10)17-13(21)22-4-2/h7-8H,3-6H2,1-2H3,(H,14,20)(H,17,21). The maximum atomic E-state index is 12.1. The van der Waals surface area contributed by atoms with Crippen molar-refractivity contribution in [2.75, 3.05) is 18.5 Å². The van der Waals surface area contributed by atoms with Crippen LogP contribution in [0.4, 0.5) is 9.80 Å². The predicted octanol–water partition coefficient (Wildman–Crippen LogP) is 1.30. The highest BCUT2D eigenvalue weighted by Crippen LogP contribution is 2.20. The van der Waals surface area contributed by atoms with Crippen LogP contribution in [0, 0.1) is 0 Å². The average Bonchev–Trinajstić information content (AvgIpc) is 3.16. The highest BCUT2D eigenvalue weighted by atomic mass is 32.1. The summed E-state index contributed by atoms with van der Waals surface area (Å²) in [6, 6.07) is 0. The number of hydrogen-bond donors (Lipinski definition) is 2. The van der Waals surface area contributed by atoms with Gasteiger partial charge in [0.15, 0.2) is 5.69 Å². The Kier molecular flexibility index (Phi) is 6.03. The summed E-state index contributed by atoms with van der Waals surface area (Å²) in [6.45, 7) is 4.91. The quantitative estimate of drug-likeness (QED) is 0.787. The molecule has 0 aromatic carbocycles. The SMILES string of the molecule is CCOC(=O)Nc1scnc1C(=O)NCCn1cnnc1CC. The third-order valence-corrected chi connectivity index (χ3v) is 3.67. The summed E-state index contributed by atoms with van der Waals surface area (Å²) in [5.74, 6) is 0.502.